The average Bonchev–Trinajstić information content (AvgIpc) is 3.63. The monoisotopic (exact) mass is 580 g/mol. The Morgan fingerprint density at radius 3 is 1.31 bits per heavy atom. The molecule has 0 atom stereocenters. The van der Waals surface area contributed by atoms with Crippen LogP contribution in [0.25, 0.3) is 0 Å². The van der Waals surface area contributed by atoms with Crippen LogP contribution in [0.4, 0.5) is 0 Å². The minimum Gasteiger partial charge on any atom is -0.326 e. The number of allylic oxidation sites excluding steroid dienone is 2. The van der Waals surface area contributed by atoms with Crippen molar-refractivity contribution in [2.45, 2.75) is 129 Å². The maximum absolute atomic E-state index is 12.8. The lowest BCUT2D eigenvalue weighted by Crippen LogP contribution is -2.52. The number of carbonyl (C=O) groups excluding carboxylic acids is 2. The molecule has 0 saturated carbocycles. The summed E-state index contributed by atoms with van der Waals surface area (Å²) in [5.74, 6) is -0.178. The molecule has 2 aromatic heterocycles. The second-order valence-corrected chi connectivity index (χ2v) is 11.5. The number of hydrogen-bond donors (Lipinski definition) is 0. The molecule has 3 heterocycles. The topological polar surface area (TPSA) is 102 Å². The van der Waals surface area contributed by atoms with E-state index in [1.807, 2.05) is 33.9 Å². The summed E-state index contributed by atoms with van der Waals surface area (Å²) < 4.78 is 3.69. The Morgan fingerprint density at radius 1 is 0.571 bits per heavy atom. The van der Waals surface area contributed by atoms with Crippen LogP contribution in [0.15, 0.2) is 37.7 Å². The van der Waals surface area contributed by atoms with Crippen LogP contribution in [0.3, 0.4) is 0 Å². The number of aryl methyl sites for hydroxylation is 2. The first-order chi connectivity index (χ1) is 20.6. The highest BCUT2D eigenvalue weighted by molar-refractivity contribution is 5.92. The molecule has 0 aromatic carbocycles. The van der Waals surface area contributed by atoms with E-state index in [0.717, 1.165) is 38.8 Å². The molecule has 0 radical (unpaired) electrons. The minimum absolute atomic E-state index is 0.0419. The van der Waals surface area contributed by atoms with Gasteiger partial charge in [0, 0.05) is 13.1 Å². The summed E-state index contributed by atoms with van der Waals surface area (Å²) in [6.07, 6.45) is 27.2. The van der Waals surface area contributed by atoms with E-state index in [2.05, 4.69) is 33.8 Å². The zero-order chi connectivity index (χ0) is 29.8. The quantitative estimate of drug-likeness (QED) is 0.114. The Morgan fingerprint density at radius 2 is 0.929 bits per heavy atom. The van der Waals surface area contributed by atoms with Gasteiger partial charge in [0.1, 0.15) is 24.5 Å². The van der Waals surface area contributed by atoms with E-state index >= 15 is 0 Å². The molecule has 2 amide bonds. The van der Waals surface area contributed by atoms with Gasteiger partial charge in [0.05, 0.1) is 25.5 Å². The molecule has 0 bridgehead atoms. The first-order valence-electron chi connectivity index (χ1n) is 16.1. The summed E-state index contributed by atoms with van der Waals surface area (Å²) in [7, 11) is 0. The Balaban J connectivity index is 1.29. The van der Waals surface area contributed by atoms with E-state index in [1.54, 1.807) is 9.80 Å². The van der Waals surface area contributed by atoms with Crippen LogP contribution < -0.4 is 0 Å². The summed E-state index contributed by atoms with van der Waals surface area (Å²) in [4.78, 5) is 28.8. The number of nitrogens with zero attached hydrogens (tertiary/aromatic N) is 8. The molecule has 3 rings (SSSR count). The predicted molar refractivity (Wildman–Crippen MR) is 165 cm³/mol. The van der Waals surface area contributed by atoms with Crippen LogP contribution in [0.5, 0.6) is 0 Å². The van der Waals surface area contributed by atoms with E-state index < -0.39 is 0 Å². The molecule has 2 aromatic rings. The molecule has 10 heteroatoms. The lowest BCUT2D eigenvalue weighted by Gasteiger charge is -2.33. The largest absolute Gasteiger partial charge is 0.326 e. The molecule has 0 unspecified atom stereocenters. The highest BCUT2D eigenvalue weighted by Gasteiger charge is 2.31. The van der Waals surface area contributed by atoms with Crippen LogP contribution in [0, 0.1) is 0 Å². The van der Waals surface area contributed by atoms with Gasteiger partial charge in [-0.3, -0.25) is 19.0 Å². The summed E-state index contributed by atoms with van der Waals surface area (Å²) in [5.41, 5.74) is 1.42. The maximum Gasteiger partial charge on any atom is 0.243 e. The van der Waals surface area contributed by atoms with Crippen molar-refractivity contribution in [3.8, 4) is 0 Å². The molecule has 10 nitrogen and oxygen atoms in total. The molecule has 0 N–H and O–H groups in total. The molecule has 232 valence electrons. The standard InChI is InChI=1S/C32H52N8O2/c1-3-5-7-9-11-13-15-17-19-21-39-25-29(33-35-39)23-37-27-32(42)38(28-31(37)41)24-30-26-40(36-34-30)22-20-18-16-14-12-10-8-6-4-2/h3-4,25-26H,1-2,5-24,27-28H2. The Labute approximate surface area is 252 Å². The molecule has 0 aliphatic carbocycles. The Hall–Kier alpha value is -3.30. The van der Waals surface area contributed by atoms with E-state index in [1.165, 1.54) is 77.0 Å². The van der Waals surface area contributed by atoms with Gasteiger partial charge in [-0.1, -0.05) is 86.8 Å². The number of piperazine rings is 1. The lowest BCUT2D eigenvalue weighted by molar-refractivity contribution is -0.151. The Bertz CT molecular complexity index is 994. The first kappa shape index (κ1) is 33.2. The first-order valence-corrected chi connectivity index (χ1v) is 16.1. The van der Waals surface area contributed by atoms with Gasteiger partial charge >= 0.3 is 0 Å². The molecule has 1 saturated heterocycles. The number of hydrogen-bond acceptors (Lipinski definition) is 6. The number of amides is 2. The van der Waals surface area contributed by atoms with Gasteiger partial charge in [-0.05, 0) is 38.5 Å². The van der Waals surface area contributed by atoms with E-state index in [4.69, 9.17) is 0 Å². The third-order valence-electron chi connectivity index (χ3n) is 7.83. The smallest absolute Gasteiger partial charge is 0.243 e. The zero-order valence-corrected chi connectivity index (χ0v) is 25.7. The predicted octanol–water partition coefficient (Wildman–Crippen LogP) is 5.85. The van der Waals surface area contributed by atoms with Crippen molar-refractivity contribution in [1.82, 2.24) is 39.8 Å². The van der Waals surface area contributed by atoms with Gasteiger partial charge in [-0.15, -0.1) is 23.4 Å². The molecule has 1 aliphatic rings. The van der Waals surface area contributed by atoms with Crippen LogP contribution in [0.1, 0.15) is 114 Å². The number of aromatic nitrogens is 6. The van der Waals surface area contributed by atoms with E-state index in [-0.39, 0.29) is 24.9 Å². The number of rotatable bonds is 24. The van der Waals surface area contributed by atoms with Gasteiger partial charge in [0.2, 0.25) is 11.8 Å². The summed E-state index contributed by atoms with van der Waals surface area (Å²) in [5, 5.41) is 16.9. The fourth-order valence-electron chi connectivity index (χ4n) is 5.32. The molecule has 42 heavy (non-hydrogen) atoms. The van der Waals surface area contributed by atoms with Crippen LogP contribution >= 0.6 is 0 Å². The fourth-order valence-corrected chi connectivity index (χ4v) is 5.32. The highest BCUT2D eigenvalue weighted by atomic mass is 16.2. The maximum atomic E-state index is 12.8. The van der Waals surface area contributed by atoms with Crippen molar-refractivity contribution in [1.29, 1.82) is 0 Å². The van der Waals surface area contributed by atoms with Crippen molar-refractivity contribution < 1.29 is 9.59 Å². The van der Waals surface area contributed by atoms with Crippen molar-refractivity contribution in [3.05, 3.63) is 49.1 Å². The van der Waals surface area contributed by atoms with Crippen molar-refractivity contribution in [2.24, 2.45) is 0 Å². The van der Waals surface area contributed by atoms with Crippen LogP contribution in [0.2, 0.25) is 0 Å². The molecular weight excluding hydrogens is 528 g/mol. The minimum atomic E-state index is -0.0888. The Kier molecular flexibility index (Phi) is 15.6. The molecule has 0 spiro atoms. The van der Waals surface area contributed by atoms with Crippen molar-refractivity contribution >= 4 is 11.8 Å². The second-order valence-electron chi connectivity index (χ2n) is 11.5. The summed E-state index contributed by atoms with van der Waals surface area (Å²) in [6.45, 7) is 9.86. The molecule has 1 fully saturated rings. The normalized spacial score (nSPS) is 13.7. The molecular formula is C32H52N8O2. The SMILES string of the molecule is C=CCCCCCCCCCn1cc(CN2CC(=O)N(Cc3cn(CCCCCCCCCC=C)nn3)CC2=O)nn1. The third kappa shape index (κ3) is 12.7. The van der Waals surface area contributed by atoms with Crippen molar-refractivity contribution in [2.75, 3.05) is 13.1 Å². The van der Waals surface area contributed by atoms with Gasteiger partial charge in [-0.25, -0.2) is 0 Å². The van der Waals surface area contributed by atoms with Crippen molar-refractivity contribution in [3.63, 3.8) is 0 Å². The zero-order valence-electron chi connectivity index (χ0n) is 25.7. The van der Waals surface area contributed by atoms with Gasteiger partial charge in [0.25, 0.3) is 0 Å². The number of carbonyl (C=O) groups is 2. The third-order valence-corrected chi connectivity index (χ3v) is 7.83. The fraction of sp³-hybridized carbons (Fsp3) is 0.688. The van der Waals surface area contributed by atoms with Gasteiger partial charge < -0.3 is 9.80 Å². The average molecular weight is 581 g/mol. The van der Waals surface area contributed by atoms with Gasteiger partial charge in [0.15, 0.2) is 0 Å². The second kappa shape index (κ2) is 19.8. The number of unbranched alkanes of at least 4 members (excludes halogenated alkanes) is 14. The van der Waals surface area contributed by atoms with Crippen LogP contribution in [-0.2, 0) is 35.8 Å². The summed E-state index contributed by atoms with van der Waals surface area (Å²) in [6, 6.07) is 0. The lowest BCUT2D eigenvalue weighted by atomic mass is 10.1. The summed E-state index contributed by atoms with van der Waals surface area (Å²) >= 11 is 0. The van der Waals surface area contributed by atoms with E-state index in [9.17, 15) is 9.59 Å². The molecule has 1 aliphatic heterocycles. The van der Waals surface area contributed by atoms with Crippen LogP contribution in [-0.4, -0.2) is 64.7 Å². The van der Waals surface area contributed by atoms with Gasteiger partial charge in [-0.2, -0.15) is 0 Å². The van der Waals surface area contributed by atoms with E-state index in [0.29, 0.717) is 24.5 Å². The highest BCUT2D eigenvalue weighted by Crippen LogP contribution is 2.14.